The van der Waals surface area contributed by atoms with Crippen molar-refractivity contribution in [1.82, 2.24) is 4.90 Å². The van der Waals surface area contributed by atoms with Gasteiger partial charge < -0.3 is 15.0 Å². The number of hydrogen-bond acceptors (Lipinski definition) is 5. The second kappa shape index (κ2) is 8.26. The van der Waals surface area contributed by atoms with E-state index in [-0.39, 0.29) is 17.6 Å². The van der Waals surface area contributed by atoms with Gasteiger partial charge in [-0.05, 0) is 36.2 Å². The maximum Gasteiger partial charge on any atom is 0.293 e. The van der Waals surface area contributed by atoms with Crippen molar-refractivity contribution in [3.63, 3.8) is 0 Å². The van der Waals surface area contributed by atoms with Gasteiger partial charge in [0.2, 0.25) is 5.91 Å². The minimum absolute atomic E-state index is 0.0684. The number of likely N-dealkylation sites (tertiary alicyclic amines) is 1. The Morgan fingerprint density at radius 2 is 2.04 bits per heavy atom. The molecule has 8 heteroatoms. The Morgan fingerprint density at radius 3 is 2.70 bits per heavy atom. The van der Waals surface area contributed by atoms with E-state index in [9.17, 15) is 14.9 Å². The van der Waals surface area contributed by atoms with Gasteiger partial charge in [-0.2, -0.15) is 0 Å². The van der Waals surface area contributed by atoms with Gasteiger partial charge in [-0.1, -0.05) is 23.7 Å². The summed E-state index contributed by atoms with van der Waals surface area (Å²) >= 11 is 5.86. The molecule has 0 spiro atoms. The lowest BCUT2D eigenvalue weighted by atomic mass is 10.0. The molecule has 1 atom stereocenters. The van der Waals surface area contributed by atoms with Crippen LogP contribution in [-0.2, 0) is 11.3 Å². The zero-order valence-electron chi connectivity index (χ0n) is 14.9. The Kier molecular flexibility index (Phi) is 5.81. The molecule has 142 valence electrons. The topological polar surface area (TPSA) is 84.7 Å². The van der Waals surface area contributed by atoms with Crippen LogP contribution in [0.1, 0.15) is 18.4 Å². The summed E-state index contributed by atoms with van der Waals surface area (Å²) in [5.74, 6) is 0.841. The van der Waals surface area contributed by atoms with Crippen molar-refractivity contribution in [2.75, 3.05) is 19.0 Å². The number of anilines is 1. The molecule has 1 amide bonds. The molecule has 2 aromatic rings. The predicted molar refractivity (Wildman–Crippen MR) is 103 cm³/mol. The van der Waals surface area contributed by atoms with E-state index in [1.54, 1.807) is 24.1 Å². The number of methoxy groups -OCH3 is 1. The molecule has 27 heavy (non-hydrogen) atoms. The van der Waals surface area contributed by atoms with Gasteiger partial charge in [0.15, 0.2) is 0 Å². The molecule has 0 saturated carbocycles. The lowest BCUT2D eigenvalue weighted by Crippen LogP contribution is -2.45. The molecule has 1 unspecified atom stereocenters. The van der Waals surface area contributed by atoms with E-state index in [2.05, 4.69) is 5.32 Å². The van der Waals surface area contributed by atoms with Crippen LogP contribution in [0, 0.1) is 10.1 Å². The molecule has 2 aromatic carbocycles. The summed E-state index contributed by atoms with van der Waals surface area (Å²) in [6.45, 7) is 0.967. The number of nitro benzene ring substituents is 1. The van der Waals surface area contributed by atoms with Gasteiger partial charge >= 0.3 is 0 Å². The first-order chi connectivity index (χ1) is 13.0. The number of ether oxygens (including phenoxy) is 1. The number of carbonyl (C=O) groups is 1. The van der Waals surface area contributed by atoms with Gasteiger partial charge in [0, 0.05) is 36.6 Å². The van der Waals surface area contributed by atoms with Gasteiger partial charge in [-0.15, -0.1) is 0 Å². The molecule has 0 radical (unpaired) electrons. The van der Waals surface area contributed by atoms with E-state index in [0.717, 1.165) is 11.3 Å². The Hall–Kier alpha value is -2.80. The number of nitrogens with one attached hydrogen (secondary N) is 1. The monoisotopic (exact) mass is 389 g/mol. The number of benzene rings is 2. The fourth-order valence-electron chi connectivity index (χ4n) is 3.13. The number of nitro groups is 1. The van der Waals surface area contributed by atoms with Crippen LogP contribution in [0.3, 0.4) is 0 Å². The molecule has 7 nitrogen and oxygen atoms in total. The maximum atomic E-state index is 12.3. The molecule has 0 aliphatic carbocycles. The first-order valence-corrected chi connectivity index (χ1v) is 8.95. The van der Waals surface area contributed by atoms with Crippen LogP contribution in [-0.4, -0.2) is 35.4 Å². The van der Waals surface area contributed by atoms with Gasteiger partial charge in [0.25, 0.3) is 5.69 Å². The molecule has 1 aliphatic heterocycles. The third-order valence-electron chi connectivity index (χ3n) is 4.55. The fourth-order valence-corrected chi connectivity index (χ4v) is 3.30. The second-order valence-corrected chi connectivity index (χ2v) is 6.86. The van der Waals surface area contributed by atoms with E-state index < -0.39 is 4.92 Å². The van der Waals surface area contributed by atoms with Crippen molar-refractivity contribution in [1.29, 1.82) is 0 Å². The van der Waals surface area contributed by atoms with Crippen LogP contribution >= 0.6 is 11.6 Å². The highest BCUT2D eigenvalue weighted by Crippen LogP contribution is 2.29. The lowest BCUT2D eigenvalue weighted by Gasteiger charge is -2.33. The van der Waals surface area contributed by atoms with Crippen molar-refractivity contribution in [2.24, 2.45) is 0 Å². The molecule has 0 bridgehead atoms. The third-order valence-corrected chi connectivity index (χ3v) is 4.78. The van der Waals surface area contributed by atoms with Crippen LogP contribution < -0.4 is 10.1 Å². The van der Waals surface area contributed by atoms with E-state index >= 15 is 0 Å². The minimum atomic E-state index is -0.461. The normalized spacial score (nSPS) is 16.9. The highest BCUT2D eigenvalue weighted by Gasteiger charge is 2.27. The average molecular weight is 390 g/mol. The molecule has 1 heterocycles. The van der Waals surface area contributed by atoms with Gasteiger partial charge in [-0.3, -0.25) is 14.9 Å². The highest BCUT2D eigenvalue weighted by molar-refractivity contribution is 6.30. The number of piperidine rings is 1. The molecular formula is C19H20ClN3O4. The van der Waals surface area contributed by atoms with E-state index in [4.69, 9.17) is 16.3 Å². The Balaban J connectivity index is 1.70. The summed E-state index contributed by atoms with van der Waals surface area (Å²) in [6, 6.07) is 12.0. The lowest BCUT2D eigenvalue weighted by molar-refractivity contribution is -0.384. The number of carbonyl (C=O) groups excluding carboxylic acids is 1. The number of nitrogens with zero attached hydrogens (tertiary/aromatic N) is 2. The Bertz CT molecular complexity index is 841. The Labute approximate surface area is 162 Å². The third kappa shape index (κ3) is 4.68. The fraction of sp³-hybridized carbons (Fsp3) is 0.316. The van der Waals surface area contributed by atoms with Gasteiger partial charge in [0.1, 0.15) is 11.4 Å². The van der Waals surface area contributed by atoms with E-state index in [0.29, 0.717) is 36.6 Å². The summed E-state index contributed by atoms with van der Waals surface area (Å²) < 4.78 is 5.15. The first kappa shape index (κ1) is 19.0. The minimum Gasteiger partial charge on any atom is -0.497 e. The zero-order valence-corrected chi connectivity index (χ0v) is 15.6. The van der Waals surface area contributed by atoms with Gasteiger partial charge in [0.05, 0.1) is 12.0 Å². The highest BCUT2D eigenvalue weighted by atomic mass is 35.5. The summed E-state index contributed by atoms with van der Waals surface area (Å²) in [5.41, 5.74) is 1.34. The van der Waals surface area contributed by atoms with Crippen LogP contribution in [0.4, 0.5) is 11.4 Å². The van der Waals surface area contributed by atoms with Crippen LogP contribution in [0.15, 0.2) is 42.5 Å². The molecule has 3 rings (SSSR count). The quantitative estimate of drug-likeness (QED) is 0.599. The molecular weight excluding hydrogens is 370 g/mol. The van der Waals surface area contributed by atoms with Crippen molar-refractivity contribution in [3.8, 4) is 5.75 Å². The average Bonchev–Trinajstić information content (AvgIpc) is 2.66. The van der Waals surface area contributed by atoms with E-state index in [1.807, 2.05) is 24.3 Å². The molecule has 1 aliphatic rings. The van der Waals surface area contributed by atoms with Crippen molar-refractivity contribution < 1.29 is 14.5 Å². The number of halogens is 1. The maximum absolute atomic E-state index is 12.3. The second-order valence-electron chi connectivity index (χ2n) is 6.42. The predicted octanol–water partition coefficient (Wildman–Crippen LogP) is 3.86. The van der Waals surface area contributed by atoms with Crippen molar-refractivity contribution in [3.05, 3.63) is 63.2 Å². The summed E-state index contributed by atoms with van der Waals surface area (Å²) in [6.07, 6.45) is 1.02. The molecule has 0 aromatic heterocycles. The van der Waals surface area contributed by atoms with Crippen molar-refractivity contribution in [2.45, 2.75) is 25.4 Å². The van der Waals surface area contributed by atoms with Crippen LogP contribution in [0.25, 0.3) is 0 Å². The largest absolute Gasteiger partial charge is 0.497 e. The summed E-state index contributed by atoms with van der Waals surface area (Å²) in [4.78, 5) is 24.9. The smallest absolute Gasteiger partial charge is 0.293 e. The number of rotatable bonds is 6. The van der Waals surface area contributed by atoms with Crippen LogP contribution in [0.2, 0.25) is 5.02 Å². The van der Waals surface area contributed by atoms with Crippen LogP contribution in [0.5, 0.6) is 5.75 Å². The van der Waals surface area contributed by atoms with Crippen molar-refractivity contribution >= 4 is 28.9 Å². The standard InChI is InChI=1S/C19H20ClN3O4/c1-27-16-6-2-13(3-7-16)11-22-12-15(5-9-19(22)24)21-17-8-4-14(20)10-18(17)23(25)26/h2-4,6-8,10,15,21H,5,9,11-12H2,1H3. The molecule has 1 saturated heterocycles. The van der Waals surface area contributed by atoms with Gasteiger partial charge in [-0.25, -0.2) is 0 Å². The molecule has 1 fully saturated rings. The Morgan fingerprint density at radius 1 is 1.30 bits per heavy atom. The number of amides is 1. The SMILES string of the molecule is COc1ccc(CN2CC(Nc3ccc(Cl)cc3[N+](=O)[O-])CCC2=O)cc1. The summed E-state index contributed by atoms with van der Waals surface area (Å²) in [5, 5.41) is 14.8. The zero-order chi connectivity index (χ0) is 19.4. The first-order valence-electron chi connectivity index (χ1n) is 8.57. The number of hydrogen-bond donors (Lipinski definition) is 1. The van der Waals surface area contributed by atoms with E-state index in [1.165, 1.54) is 6.07 Å². The summed E-state index contributed by atoms with van der Waals surface area (Å²) in [7, 11) is 1.61. The molecule has 1 N–H and O–H groups in total.